The van der Waals surface area contributed by atoms with Crippen LogP contribution in [0, 0.1) is 0 Å². The van der Waals surface area contributed by atoms with E-state index in [0.29, 0.717) is 35.0 Å². The van der Waals surface area contributed by atoms with Crippen LogP contribution in [0.3, 0.4) is 0 Å². The van der Waals surface area contributed by atoms with E-state index in [-0.39, 0.29) is 18.0 Å². The van der Waals surface area contributed by atoms with E-state index in [1.165, 1.54) is 7.11 Å². The molecule has 2 amide bonds. The van der Waals surface area contributed by atoms with Crippen LogP contribution in [0.15, 0.2) is 79.5 Å². The molecule has 42 heavy (non-hydrogen) atoms. The summed E-state index contributed by atoms with van der Waals surface area (Å²) in [6, 6.07) is 11.8. The quantitative estimate of drug-likeness (QED) is 0.184. The maximum Gasteiger partial charge on any atom is 0.420 e. The van der Waals surface area contributed by atoms with Crippen LogP contribution in [-0.4, -0.2) is 39.1 Å². The first-order chi connectivity index (χ1) is 20.2. The third kappa shape index (κ3) is 6.35. The molecule has 0 saturated heterocycles. The second-order valence-electron chi connectivity index (χ2n) is 8.98. The first kappa shape index (κ1) is 28.2. The highest BCUT2D eigenvalue weighted by Crippen LogP contribution is 2.42. The van der Waals surface area contributed by atoms with Crippen molar-refractivity contribution in [2.75, 3.05) is 29.7 Å². The molecule has 0 aliphatic carbocycles. The molecule has 0 bridgehead atoms. The van der Waals surface area contributed by atoms with Crippen molar-refractivity contribution < 1.29 is 27.4 Å². The van der Waals surface area contributed by atoms with Gasteiger partial charge in [0.05, 0.1) is 30.7 Å². The minimum Gasteiger partial charge on any atom is -0.494 e. The van der Waals surface area contributed by atoms with Gasteiger partial charge >= 0.3 is 12.2 Å². The number of pyridine rings is 1. The van der Waals surface area contributed by atoms with E-state index >= 15 is 0 Å². The van der Waals surface area contributed by atoms with Gasteiger partial charge in [-0.15, -0.1) is 0 Å². The van der Waals surface area contributed by atoms with Gasteiger partial charge in [-0.1, -0.05) is 12.1 Å². The van der Waals surface area contributed by atoms with Crippen molar-refractivity contribution in [1.29, 1.82) is 0 Å². The molecule has 3 N–H and O–H groups in total. The molecule has 216 valence electrons. The number of nitrogens with zero attached hydrogens (tertiary/aromatic N) is 4. The zero-order chi connectivity index (χ0) is 29.7. The fourth-order valence-electron chi connectivity index (χ4n) is 4.24. The number of hydrogen-bond acceptors (Lipinski definition) is 7. The molecule has 0 atom stereocenters. The van der Waals surface area contributed by atoms with Crippen LogP contribution in [0.5, 0.6) is 11.5 Å². The van der Waals surface area contributed by atoms with Gasteiger partial charge in [-0.05, 0) is 42.8 Å². The molecule has 13 heteroatoms. The third-order valence-corrected chi connectivity index (χ3v) is 6.15. The predicted octanol–water partition coefficient (Wildman–Crippen LogP) is 6.47. The Balaban J connectivity index is 1.37. The van der Waals surface area contributed by atoms with E-state index in [4.69, 9.17) is 14.5 Å². The Kier molecular flexibility index (Phi) is 8.09. The smallest absolute Gasteiger partial charge is 0.420 e. The third-order valence-electron chi connectivity index (χ3n) is 6.15. The number of rotatable bonds is 9. The highest BCUT2D eigenvalue weighted by atomic mass is 19.4. The first-order valence-corrected chi connectivity index (χ1v) is 12.8. The maximum atomic E-state index is 13.6. The van der Waals surface area contributed by atoms with Crippen molar-refractivity contribution in [3.05, 3.63) is 90.6 Å². The molecule has 0 spiro atoms. The Morgan fingerprint density at radius 1 is 1.02 bits per heavy atom. The van der Waals surface area contributed by atoms with E-state index in [9.17, 15) is 18.0 Å². The number of alkyl halides is 3. The standard InChI is InChI=1S/C29H26F3N7O3/c1-3-42-24-15-25(41-2)22(14-21(24)29(30,31)32)38-28(40)36-20-6-4-5-19(13-20)23-17-39-12-11-34-27(39)26(37-23)35-16-18-7-9-33-10-8-18/h4-15,17H,3,16H2,1-2H3,(H,35,37)(H2,36,38,40). The van der Waals surface area contributed by atoms with Gasteiger partial charge in [0.15, 0.2) is 11.5 Å². The number of fused-ring (bicyclic) bond motifs is 1. The summed E-state index contributed by atoms with van der Waals surface area (Å²) in [7, 11) is 1.29. The fraction of sp³-hybridized carbons (Fsp3) is 0.172. The number of carbonyl (C=O) groups excluding carboxylic acids is 1. The van der Waals surface area contributed by atoms with Gasteiger partial charge in [0.2, 0.25) is 0 Å². The van der Waals surface area contributed by atoms with Crippen LogP contribution >= 0.6 is 0 Å². The summed E-state index contributed by atoms with van der Waals surface area (Å²) >= 11 is 0. The number of urea groups is 1. The van der Waals surface area contributed by atoms with Gasteiger partial charge in [-0.25, -0.2) is 14.8 Å². The fourth-order valence-corrected chi connectivity index (χ4v) is 4.24. The number of nitrogens with one attached hydrogen (secondary N) is 3. The molecule has 5 aromatic rings. The van der Waals surface area contributed by atoms with E-state index < -0.39 is 23.5 Å². The number of amides is 2. The molecule has 0 aliphatic heterocycles. The van der Waals surface area contributed by atoms with Gasteiger partial charge in [-0.2, -0.15) is 13.2 Å². The molecule has 0 radical (unpaired) electrons. The molecule has 5 rings (SSSR count). The lowest BCUT2D eigenvalue weighted by Crippen LogP contribution is -2.20. The Hall–Kier alpha value is -5.33. The van der Waals surface area contributed by atoms with Crippen molar-refractivity contribution in [2.45, 2.75) is 19.6 Å². The minimum atomic E-state index is -4.70. The Morgan fingerprint density at radius 3 is 2.57 bits per heavy atom. The predicted molar refractivity (Wildman–Crippen MR) is 152 cm³/mol. The summed E-state index contributed by atoms with van der Waals surface area (Å²) in [5.41, 5.74) is 2.15. The van der Waals surface area contributed by atoms with Gasteiger partial charge in [0, 0.05) is 54.8 Å². The Labute approximate surface area is 238 Å². The van der Waals surface area contributed by atoms with E-state index in [1.54, 1.807) is 49.9 Å². The lowest BCUT2D eigenvalue weighted by molar-refractivity contribution is -0.138. The first-order valence-electron chi connectivity index (χ1n) is 12.8. The van der Waals surface area contributed by atoms with Crippen molar-refractivity contribution in [3.63, 3.8) is 0 Å². The second kappa shape index (κ2) is 12.0. The maximum absolute atomic E-state index is 13.6. The summed E-state index contributed by atoms with van der Waals surface area (Å²) in [6.07, 6.45) is 3.99. The van der Waals surface area contributed by atoms with Gasteiger partial charge in [0.25, 0.3) is 0 Å². The van der Waals surface area contributed by atoms with Crippen molar-refractivity contribution >= 4 is 28.9 Å². The molecule has 3 aromatic heterocycles. The Bertz CT molecular complexity index is 1710. The minimum absolute atomic E-state index is 0.0139. The van der Waals surface area contributed by atoms with Crippen molar-refractivity contribution in [3.8, 4) is 22.8 Å². The number of benzene rings is 2. The molecule has 2 aromatic carbocycles. The average Bonchev–Trinajstić information content (AvgIpc) is 3.46. The van der Waals surface area contributed by atoms with E-state index in [2.05, 4.69) is 25.9 Å². The Morgan fingerprint density at radius 2 is 1.83 bits per heavy atom. The summed E-state index contributed by atoms with van der Waals surface area (Å²) in [4.78, 5) is 26.0. The molecule has 0 aliphatic rings. The summed E-state index contributed by atoms with van der Waals surface area (Å²) < 4.78 is 53.1. The number of anilines is 3. The van der Waals surface area contributed by atoms with Crippen LogP contribution in [0.2, 0.25) is 0 Å². The molecule has 0 fully saturated rings. The summed E-state index contributed by atoms with van der Waals surface area (Å²) in [5, 5.41) is 8.41. The number of aromatic nitrogens is 4. The number of imidazole rings is 1. The summed E-state index contributed by atoms with van der Waals surface area (Å²) in [5.74, 6) is 0.186. The van der Waals surface area contributed by atoms with E-state index in [1.807, 2.05) is 28.8 Å². The van der Waals surface area contributed by atoms with Gasteiger partial charge in [-0.3, -0.25) is 4.98 Å². The highest BCUT2D eigenvalue weighted by molar-refractivity contribution is 6.01. The van der Waals surface area contributed by atoms with E-state index in [0.717, 1.165) is 17.7 Å². The molecule has 0 saturated carbocycles. The normalized spacial score (nSPS) is 11.3. The lowest BCUT2D eigenvalue weighted by atomic mass is 10.1. The van der Waals surface area contributed by atoms with Crippen molar-refractivity contribution in [2.24, 2.45) is 0 Å². The average molecular weight is 578 g/mol. The van der Waals surface area contributed by atoms with Gasteiger partial charge < -0.3 is 29.8 Å². The number of ether oxygens (including phenoxy) is 2. The van der Waals surface area contributed by atoms with Crippen LogP contribution < -0.4 is 25.4 Å². The zero-order valence-electron chi connectivity index (χ0n) is 22.6. The summed E-state index contributed by atoms with van der Waals surface area (Å²) in [6.45, 7) is 2.11. The molecular formula is C29H26F3N7O3. The topological polar surface area (TPSA) is 115 Å². The number of halogens is 3. The van der Waals surface area contributed by atoms with Crippen LogP contribution in [-0.2, 0) is 12.7 Å². The molecular weight excluding hydrogens is 551 g/mol. The molecule has 10 nitrogen and oxygen atoms in total. The number of carbonyl (C=O) groups is 1. The lowest BCUT2D eigenvalue weighted by Gasteiger charge is -2.18. The van der Waals surface area contributed by atoms with Crippen LogP contribution in [0.1, 0.15) is 18.1 Å². The second-order valence-corrected chi connectivity index (χ2v) is 8.98. The number of hydrogen-bond donors (Lipinski definition) is 3. The van der Waals surface area contributed by atoms with Gasteiger partial charge in [0.1, 0.15) is 11.5 Å². The number of methoxy groups -OCH3 is 1. The highest BCUT2D eigenvalue weighted by Gasteiger charge is 2.36. The zero-order valence-corrected chi connectivity index (χ0v) is 22.6. The van der Waals surface area contributed by atoms with Crippen LogP contribution in [0.4, 0.5) is 35.2 Å². The molecule has 3 heterocycles. The largest absolute Gasteiger partial charge is 0.494 e. The molecule has 0 unspecified atom stereocenters. The van der Waals surface area contributed by atoms with Crippen LogP contribution in [0.25, 0.3) is 16.9 Å². The van der Waals surface area contributed by atoms with Crippen molar-refractivity contribution in [1.82, 2.24) is 19.4 Å². The monoisotopic (exact) mass is 577 g/mol. The SMILES string of the molecule is CCOc1cc(OC)c(NC(=O)Nc2cccc(-c3cn4ccnc4c(NCc4ccncc4)n3)c2)cc1C(F)(F)F.